The zero-order chi connectivity index (χ0) is 15.5. The number of amides is 1. The summed E-state index contributed by atoms with van der Waals surface area (Å²) in [5.74, 6) is 0.202. The summed E-state index contributed by atoms with van der Waals surface area (Å²) in [4.78, 5) is 25.0. The molecule has 0 bridgehead atoms. The Balaban J connectivity index is 1.68. The van der Waals surface area contributed by atoms with Gasteiger partial charge in [-0.25, -0.2) is 4.68 Å². The third kappa shape index (κ3) is 3.57. The number of anilines is 1. The van der Waals surface area contributed by atoms with E-state index in [0.717, 1.165) is 23.4 Å². The molecular weight excluding hydrogens is 298 g/mol. The lowest BCUT2D eigenvalue weighted by molar-refractivity contribution is -0.117. The lowest BCUT2D eigenvalue weighted by Gasteiger charge is -2.08. The van der Waals surface area contributed by atoms with Crippen molar-refractivity contribution in [2.45, 2.75) is 30.2 Å². The highest BCUT2D eigenvalue weighted by Gasteiger charge is 2.25. The van der Waals surface area contributed by atoms with Gasteiger partial charge in [-0.3, -0.25) is 9.59 Å². The van der Waals surface area contributed by atoms with Crippen LogP contribution < -0.4 is 10.9 Å². The van der Waals surface area contributed by atoms with Crippen molar-refractivity contribution in [2.24, 2.45) is 0 Å². The Morgan fingerprint density at radius 2 is 2.00 bits per heavy atom. The maximum absolute atomic E-state index is 12.1. The van der Waals surface area contributed by atoms with E-state index in [1.165, 1.54) is 10.7 Å². The molecule has 0 radical (unpaired) electrons. The molecule has 1 fully saturated rings. The Bertz CT molecular complexity index is 736. The van der Waals surface area contributed by atoms with E-state index < -0.39 is 0 Å². The number of aromatic nitrogens is 2. The van der Waals surface area contributed by atoms with Crippen LogP contribution in [0.4, 0.5) is 5.69 Å². The van der Waals surface area contributed by atoms with Gasteiger partial charge in [-0.1, -0.05) is 0 Å². The molecule has 114 valence electrons. The molecule has 1 N–H and O–H groups in total. The molecule has 0 unspecified atom stereocenters. The van der Waals surface area contributed by atoms with Crippen molar-refractivity contribution in [3.05, 3.63) is 52.4 Å². The zero-order valence-electron chi connectivity index (χ0n) is 12.3. The number of rotatable bonds is 5. The SMILES string of the molecule is CSc1ccc(NC(=O)Cn2nc(C3CC3)ccc2=O)cc1. The summed E-state index contributed by atoms with van der Waals surface area (Å²) >= 11 is 1.64. The zero-order valence-corrected chi connectivity index (χ0v) is 13.1. The topological polar surface area (TPSA) is 64.0 Å². The number of carbonyl (C=O) groups excluding carboxylic acids is 1. The van der Waals surface area contributed by atoms with Gasteiger partial charge in [0.05, 0.1) is 5.69 Å². The minimum absolute atomic E-state index is 0.0658. The second kappa shape index (κ2) is 6.36. The van der Waals surface area contributed by atoms with Crippen LogP contribution in [0.1, 0.15) is 24.5 Å². The average Bonchev–Trinajstić information content (AvgIpc) is 3.35. The van der Waals surface area contributed by atoms with Gasteiger partial charge in [-0.15, -0.1) is 11.8 Å². The molecule has 2 aromatic rings. The highest BCUT2D eigenvalue weighted by atomic mass is 32.2. The minimum Gasteiger partial charge on any atom is -0.324 e. The molecule has 1 amide bonds. The number of thioether (sulfide) groups is 1. The summed E-state index contributed by atoms with van der Waals surface area (Å²) in [6, 6.07) is 10.8. The highest BCUT2D eigenvalue weighted by molar-refractivity contribution is 7.98. The van der Waals surface area contributed by atoms with Crippen LogP contribution in [-0.4, -0.2) is 21.9 Å². The highest BCUT2D eigenvalue weighted by Crippen LogP contribution is 2.38. The van der Waals surface area contributed by atoms with Crippen LogP contribution in [0.2, 0.25) is 0 Å². The summed E-state index contributed by atoms with van der Waals surface area (Å²) in [5.41, 5.74) is 1.36. The second-order valence-corrected chi connectivity index (χ2v) is 6.18. The van der Waals surface area contributed by atoms with Crippen molar-refractivity contribution in [3.63, 3.8) is 0 Å². The molecular formula is C16H17N3O2S. The number of nitrogens with zero attached hydrogens (tertiary/aromatic N) is 2. The Hall–Kier alpha value is -2.08. The van der Waals surface area contributed by atoms with E-state index in [2.05, 4.69) is 10.4 Å². The fourth-order valence-corrected chi connectivity index (χ4v) is 2.59. The van der Waals surface area contributed by atoms with Crippen molar-refractivity contribution in [2.75, 3.05) is 11.6 Å². The van der Waals surface area contributed by atoms with E-state index in [1.807, 2.05) is 30.5 Å². The summed E-state index contributed by atoms with van der Waals surface area (Å²) < 4.78 is 1.24. The Morgan fingerprint density at radius 1 is 1.27 bits per heavy atom. The van der Waals surface area contributed by atoms with Crippen molar-refractivity contribution in [3.8, 4) is 0 Å². The van der Waals surface area contributed by atoms with E-state index in [9.17, 15) is 9.59 Å². The standard InChI is InChI=1S/C16H17N3O2S/c1-22-13-6-4-12(5-7-13)17-15(20)10-19-16(21)9-8-14(18-19)11-2-3-11/h4-9,11H,2-3,10H2,1H3,(H,17,20). The normalized spacial score (nSPS) is 13.9. The Labute approximate surface area is 132 Å². The summed E-state index contributed by atoms with van der Waals surface area (Å²) in [6.45, 7) is -0.0658. The molecule has 22 heavy (non-hydrogen) atoms. The molecule has 1 aromatic heterocycles. The van der Waals surface area contributed by atoms with Gasteiger partial charge < -0.3 is 5.32 Å². The fourth-order valence-electron chi connectivity index (χ4n) is 2.19. The minimum atomic E-state index is -0.253. The lowest BCUT2D eigenvalue weighted by atomic mass is 10.3. The largest absolute Gasteiger partial charge is 0.324 e. The van der Waals surface area contributed by atoms with Crippen LogP contribution in [0, 0.1) is 0 Å². The molecule has 0 spiro atoms. The number of hydrogen-bond acceptors (Lipinski definition) is 4. The molecule has 5 nitrogen and oxygen atoms in total. The van der Waals surface area contributed by atoms with Crippen molar-refractivity contribution >= 4 is 23.4 Å². The van der Waals surface area contributed by atoms with Crippen LogP contribution in [0.25, 0.3) is 0 Å². The van der Waals surface area contributed by atoms with E-state index >= 15 is 0 Å². The lowest BCUT2D eigenvalue weighted by Crippen LogP contribution is -2.29. The summed E-state index contributed by atoms with van der Waals surface area (Å²) in [7, 11) is 0. The van der Waals surface area contributed by atoms with E-state index in [0.29, 0.717) is 11.6 Å². The number of nitrogens with one attached hydrogen (secondary N) is 1. The van der Waals surface area contributed by atoms with Crippen LogP contribution >= 0.6 is 11.8 Å². The maximum atomic E-state index is 12.1. The van der Waals surface area contributed by atoms with Crippen molar-refractivity contribution < 1.29 is 4.79 Å². The first kappa shape index (κ1) is 14.8. The number of carbonyl (C=O) groups is 1. The van der Waals surface area contributed by atoms with Gasteiger partial charge in [0.15, 0.2) is 0 Å². The predicted octanol–water partition coefficient (Wildman–Crippen LogP) is 2.48. The molecule has 1 aromatic carbocycles. The second-order valence-electron chi connectivity index (χ2n) is 5.31. The molecule has 1 saturated carbocycles. The Morgan fingerprint density at radius 3 is 2.64 bits per heavy atom. The number of benzene rings is 1. The van der Waals surface area contributed by atoms with Gasteiger partial charge in [-0.05, 0) is 49.4 Å². The van der Waals surface area contributed by atoms with E-state index in [1.54, 1.807) is 17.8 Å². The first-order valence-corrected chi connectivity index (χ1v) is 8.40. The quantitative estimate of drug-likeness (QED) is 0.861. The van der Waals surface area contributed by atoms with E-state index in [-0.39, 0.29) is 18.0 Å². The molecule has 0 aliphatic heterocycles. The molecule has 1 heterocycles. The average molecular weight is 315 g/mol. The van der Waals surface area contributed by atoms with Crippen LogP contribution in [0.15, 0.2) is 46.1 Å². The smallest absolute Gasteiger partial charge is 0.267 e. The molecule has 1 aliphatic rings. The predicted molar refractivity (Wildman–Crippen MR) is 87.3 cm³/mol. The van der Waals surface area contributed by atoms with Gasteiger partial charge in [0.25, 0.3) is 5.56 Å². The third-order valence-electron chi connectivity index (χ3n) is 3.55. The molecule has 1 aliphatic carbocycles. The van der Waals surface area contributed by atoms with Crippen molar-refractivity contribution in [1.29, 1.82) is 0 Å². The summed E-state index contributed by atoms with van der Waals surface area (Å²) in [5, 5.41) is 7.07. The molecule has 3 rings (SSSR count). The van der Waals surface area contributed by atoms with Gasteiger partial charge in [-0.2, -0.15) is 5.10 Å². The van der Waals surface area contributed by atoms with Crippen LogP contribution in [-0.2, 0) is 11.3 Å². The fraction of sp³-hybridized carbons (Fsp3) is 0.312. The molecule has 0 atom stereocenters. The van der Waals surface area contributed by atoms with Crippen LogP contribution in [0.3, 0.4) is 0 Å². The van der Waals surface area contributed by atoms with Gasteiger partial charge in [0.2, 0.25) is 5.91 Å². The first-order chi connectivity index (χ1) is 10.7. The summed E-state index contributed by atoms with van der Waals surface area (Å²) in [6.07, 6.45) is 4.22. The first-order valence-electron chi connectivity index (χ1n) is 7.17. The number of hydrogen-bond donors (Lipinski definition) is 1. The van der Waals surface area contributed by atoms with Gasteiger partial charge in [0, 0.05) is 22.6 Å². The van der Waals surface area contributed by atoms with Crippen molar-refractivity contribution in [1.82, 2.24) is 9.78 Å². The maximum Gasteiger partial charge on any atom is 0.267 e. The van der Waals surface area contributed by atoms with E-state index in [4.69, 9.17) is 0 Å². The van der Waals surface area contributed by atoms with Gasteiger partial charge >= 0.3 is 0 Å². The van der Waals surface area contributed by atoms with Crippen LogP contribution in [0.5, 0.6) is 0 Å². The third-order valence-corrected chi connectivity index (χ3v) is 4.29. The molecule has 0 saturated heterocycles. The monoisotopic (exact) mass is 315 g/mol. The Kier molecular flexibility index (Phi) is 4.29. The van der Waals surface area contributed by atoms with Gasteiger partial charge in [0.1, 0.15) is 6.54 Å². The molecule has 6 heteroatoms.